The number of anilines is 1. The number of aliphatic imine (C=N–C) groups is 1. The summed E-state index contributed by atoms with van der Waals surface area (Å²) in [6.07, 6.45) is 8.65. The predicted octanol–water partition coefficient (Wildman–Crippen LogP) is 2.34. The zero-order valence-corrected chi connectivity index (χ0v) is 13.9. The van der Waals surface area contributed by atoms with Gasteiger partial charge in [-0.05, 0) is 20.0 Å². The number of thiophene rings is 1. The molecule has 2 aliphatic heterocycles. The number of nitrogens with one attached hydrogen (secondary N) is 1. The molecule has 1 N–H and O–H groups in total. The van der Waals surface area contributed by atoms with Crippen LogP contribution in [0.25, 0.3) is 0 Å². The number of rotatable bonds is 0. The van der Waals surface area contributed by atoms with Crippen molar-refractivity contribution >= 4 is 22.2 Å². The molecule has 3 aliphatic rings. The van der Waals surface area contributed by atoms with Gasteiger partial charge in [-0.15, -0.1) is 11.3 Å². The van der Waals surface area contributed by atoms with E-state index in [-0.39, 0.29) is 12.1 Å². The third kappa shape index (κ3) is 2.48. The van der Waals surface area contributed by atoms with Gasteiger partial charge >= 0.3 is 0 Å². The third-order valence-electron chi connectivity index (χ3n) is 4.57. The first-order valence-corrected chi connectivity index (χ1v) is 8.76. The number of hydrogen-bond donors (Lipinski definition) is 1. The van der Waals surface area contributed by atoms with Gasteiger partial charge in [0.1, 0.15) is 10.8 Å². The predicted molar refractivity (Wildman–Crippen MR) is 94.1 cm³/mol. The normalized spacial score (nSPS) is 27.7. The maximum Gasteiger partial charge on any atom is 0.134 e. The average molecular weight is 314 g/mol. The lowest BCUT2D eigenvalue weighted by molar-refractivity contribution is 0.215. The SMILES string of the molecule is Cc1cc2c(s1)NC1C=CC=CC1N=C2N1CCN(C)CC1. The van der Waals surface area contributed by atoms with Crippen molar-refractivity contribution in [2.24, 2.45) is 4.99 Å². The minimum Gasteiger partial charge on any atom is -0.368 e. The van der Waals surface area contributed by atoms with Crippen molar-refractivity contribution < 1.29 is 0 Å². The summed E-state index contributed by atoms with van der Waals surface area (Å²) in [6, 6.07) is 2.75. The van der Waals surface area contributed by atoms with Crippen LogP contribution in [0.3, 0.4) is 0 Å². The maximum absolute atomic E-state index is 5.13. The standard InChI is InChI=1S/C17H22N4S/c1-12-11-13-16(21-9-7-20(2)8-10-21)18-14-5-3-4-6-15(14)19-17(13)22-12/h3-6,11,14-15,19H,7-10H2,1-2H3. The molecule has 0 spiro atoms. The molecule has 5 heteroatoms. The first-order chi connectivity index (χ1) is 10.7. The Labute approximate surface area is 135 Å². The molecule has 0 bridgehead atoms. The van der Waals surface area contributed by atoms with E-state index in [0.29, 0.717) is 0 Å². The van der Waals surface area contributed by atoms with Gasteiger partial charge < -0.3 is 15.1 Å². The smallest absolute Gasteiger partial charge is 0.134 e. The molecular formula is C17H22N4S. The molecule has 2 atom stereocenters. The molecule has 2 unspecified atom stereocenters. The summed E-state index contributed by atoms with van der Waals surface area (Å²) in [5.41, 5.74) is 1.28. The average Bonchev–Trinajstić information content (AvgIpc) is 2.80. The van der Waals surface area contributed by atoms with Gasteiger partial charge in [-0.3, -0.25) is 4.99 Å². The highest BCUT2D eigenvalue weighted by Crippen LogP contribution is 2.33. The number of fused-ring (bicyclic) bond motifs is 2. The lowest BCUT2D eigenvalue weighted by Crippen LogP contribution is -2.47. The lowest BCUT2D eigenvalue weighted by Gasteiger charge is -2.34. The fourth-order valence-corrected chi connectivity index (χ4v) is 4.23. The zero-order chi connectivity index (χ0) is 15.1. The van der Waals surface area contributed by atoms with Gasteiger partial charge in [0.15, 0.2) is 0 Å². The van der Waals surface area contributed by atoms with Crippen LogP contribution in [-0.2, 0) is 0 Å². The second kappa shape index (κ2) is 5.56. The van der Waals surface area contributed by atoms with Crippen molar-refractivity contribution in [2.75, 3.05) is 38.5 Å². The first kappa shape index (κ1) is 14.0. The minimum absolute atomic E-state index is 0.194. The number of allylic oxidation sites excluding steroid dienone is 2. The Morgan fingerprint density at radius 3 is 2.77 bits per heavy atom. The van der Waals surface area contributed by atoms with Crippen molar-refractivity contribution in [3.8, 4) is 0 Å². The molecule has 4 nitrogen and oxygen atoms in total. The summed E-state index contributed by atoms with van der Waals surface area (Å²) in [7, 11) is 2.19. The van der Waals surface area contributed by atoms with E-state index in [1.165, 1.54) is 21.3 Å². The first-order valence-electron chi connectivity index (χ1n) is 7.94. The van der Waals surface area contributed by atoms with Crippen LogP contribution in [0.4, 0.5) is 5.00 Å². The molecule has 0 saturated carbocycles. The molecule has 4 rings (SSSR count). The van der Waals surface area contributed by atoms with Crippen LogP contribution in [0, 0.1) is 6.92 Å². The van der Waals surface area contributed by atoms with Crippen LogP contribution >= 0.6 is 11.3 Å². The van der Waals surface area contributed by atoms with Gasteiger partial charge in [-0.1, -0.05) is 24.3 Å². The molecule has 1 aliphatic carbocycles. The van der Waals surface area contributed by atoms with E-state index in [1.807, 2.05) is 11.3 Å². The fourth-order valence-electron chi connectivity index (χ4n) is 3.27. The molecule has 1 fully saturated rings. The van der Waals surface area contributed by atoms with Crippen molar-refractivity contribution in [3.63, 3.8) is 0 Å². The Hall–Kier alpha value is -1.59. The van der Waals surface area contributed by atoms with Gasteiger partial charge in [0.05, 0.1) is 17.6 Å². The summed E-state index contributed by atoms with van der Waals surface area (Å²) in [4.78, 5) is 11.3. The largest absolute Gasteiger partial charge is 0.368 e. The monoisotopic (exact) mass is 314 g/mol. The molecule has 1 aromatic rings. The van der Waals surface area contributed by atoms with E-state index >= 15 is 0 Å². The Kier molecular flexibility index (Phi) is 3.54. The summed E-state index contributed by atoms with van der Waals surface area (Å²) < 4.78 is 0. The van der Waals surface area contributed by atoms with E-state index in [1.54, 1.807) is 0 Å². The van der Waals surface area contributed by atoms with Crippen LogP contribution in [0.1, 0.15) is 10.4 Å². The fraction of sp³-hybridized carbons (Fsp3) is 0.471. The van der Waals surface area contributed by atoms with E-state index in [4.69, 9.17) is 4.99 Å². The molecule has 1 saturated heterocycles. The molecule has 116 valence electrons. The Morgan fingerprint density at radius 2 is 1.95 bits per heavy atom. The number of likely N-dealkylation sites (N-methyl/N-ethyl adjacent to an activating group) is 1. The van der Waals surface area contributed by atoms with E-state index in [9.17, 15) is 0 Å². The van der Waals surface area contributed by atoms with E-state index in [2.05, 4.69) is 59.5 Å². The van der Waals surface area contributed by atoms with Crippen molar-refractivity contribution in [1.29, 1.82) is 0 Å². The number of aryl methyl sites for hydroxylation is 1. The maximum atomic E-state index is 5.13. The van der Waals surface area contributed by atoms with Gasteiger partial charge in [0.2, 0.25) is 0 Å². The molecule has 0 radical (unpaired) electrons. The second-order valence-corrected chi connectivity index (χ2v) is 7.53. The van der Waals surface area contributed by atoms with Gasteiger partial charge in [-0.25, -0.2) is 0 Å². The molecule has 22 heavy (non-hydrogen) atoms. The molecular weight excluding hydrogens is 292 g/mol. The topological polar surface area (TPSA) is 30.9 Å². The van der Waals surface area contributed by atoms with Crippen LogP contribution in [0.15, 0.2) is 35.4 Å². The Morgan fingerprint density at radius 1 is 1.18 bits per heavy atom. The van der Waals surface area contributed by atoms with Gasteiger partial charge in [-0.2, -0.15) is 0 Å². The molecule has 1 aromatic heterocycles. The highest BCUT2D eigenvalue weighted by molar-refractivity contribution is 7.16. The number of hydrogen-bond acceptors (Lipinski definition) is 5. The van der Waals surface area contributed by atoms with E-state index in [0.717, 1.165) is 26.2 Å². The van der Waals surface area contributed by atoms with Crippen molar-refractivity contribution in [1.82, 2.24) is 9.80 Å². The second-order valence-electron chi connectivity index (χ2n) is 6.27. The molecule has 0 aromatic carbocycles. The van der Waals surface area contributed by atoms with Crippen LogP contribution in [0.5, 0.6) is 0 Å². The van der Waals surface area contributed by atoms with Crippen LogP contribution in [0.2, 0.25) is 0 Å². The van der Waals surface area contributed by atoms with Gasteiger partial charge in [0, 0.05) is 31.1 Å². The third-order valence-corrected chi connectivity index (χ3v) is 5.56. The summed E-state index contributed by atoms with van der Waals surface area (Å²) in [5.74, 6) is 1.17. The summed E-state index contributed by atoms with van der Waals surface area (Å²) in [6.45, 7) is 6.50. The quantitative estimate of drug-likeness (QED) is 0.797. The number of nitrogens with zero attached hydrogens (tertiary/aromatic N) is 3. The van der Waals surface area contributed by atoms with E-state index < -0.39 is 0 Å². The Bertz CT molecular complexity index is 650. The number of piperazine rings is 1. The molecule has 3 heterocycles. The van der Waals surface area contributed by atoms with Gasteiger partial charge in [0.25, 0.3) is 0 Å². The zero-order valence-electron chi connectivity index (χ0n) is 13.1. The lowest BCUT2D eigenvalue weighted by atomic mass is 10.0. The Balaban J connectivity index is 1.74. The molecule has 0 amide bonds. The summed E-state index contributed by atoms with van der Waals surface area (Å²) >= 11 is 1.84. The minimum atomic E-state index is 0.194. The van der Waals surface area contributed by atoms with Crippen molar-refractivity contribution in [3.05, 3.63) is 40.8 Å². The highest BCUT2D eigenvalue weighted by atomic mass is 32.1. The number of amidine groups is 1. The van der Waals surface area contributed by atoms with Crippen LogP contribution in [-0.4, -0.2) is 60.9 Å². The van der Waals surface area contributed by atoms with Crippen LogP contribution < -0.4 is 5.32 Å². The van der Waals surface area contributed by atoms with Crippen molar-refractivity contribution in [2.45, 2.75) is 19.0 Å². The summed E-state index contributed by atoms with van der Waals surface area (Å²) in [5, 5.41) is 4.96. The highest BCUT2D eigenvalue weighted by Gasteiger charge is 2.29.